The zero-order valence-corrected chi connectivity index (χ0v) is 19.2. The lowest BCUT2D eigenvalue weighted by Crippen LogP contribution is -2.23. The first kappa shape index (κ1) is 20.6. The van der Waals surface area contributed by atoms with E-state index in [0.29, 0.717) is 23.4 Å². The number of hydrogen-bond acceptors (Lipinski definition) is 4. The maximum absolute atomic E-state index is 14.4. The van der Waals surface area contributed by atoms with E-state index in [-0.39, 0.29) is 11.5 Å². The second-order valence-electron chi connectivity index (χ2n) is 8.83. The molecule has 172 valence electrons. The second kappa shape index (κ2) is 7.53. The van der Waals surface area contributed by atoms with Crippen LogP contribution in [-0.4, -0.2) is 35.7 Å². The normalized spacial score (nSPS) is 13.5. The Labute approximate surface area is 194 Å². The Hall–Kier alpha value is -3.98. The number of nitrogens with zero attached hydrogens (tertiary/aromatic N) is 5. The number of halogens is 1. The minimum absolute atomic E-state index is 0.216. The van der Waals surface area contributed by atoms with Gasteiger partial charge in [-0.1, -0.05) is 0 Å². The number of rotatable bonds is 3. The summed E-state index contributed by atoms with van der Waals surface area (Å²) in [6, 6.07) is 9.43. The summed E-state index contributed by atoms with van der Waals surface area (Å²) in [5, 5.41) is 13.6. The molecule has 2 N–H and O–H groups in total. The van der Waals surface area contributed by atoms with Crippen molar-refractivity contribution < 1.29 is 4.39 Å². The van der Waals surface area contributed by atoms with Crippen molar-refractivity contribution in [2.75, 3.05) is 6.54 Å². The number of aryl methyl sites for hydroxylation is 3. The predicted octanol–water partition coefficient (Wildman–Crippen LogP) is 3.31. The van der Waals surface area contributed by atoms with E-state index in [9.17, 15) is 9.18 Å². The van der Waals surface area contributed by atoms with Gasteiger partial charge in [-0.25, -0.2) is 13.9 Å². The van der Waals surface area contributed by atoms with E-state index in [1.54, 1.807) is 47.6 Å². The quantitative estimate of drug-likeness (QED) is 0.435. The van der Waals surface area contributed by atoms with Crippen LogP contribution >= 0.6 is 0 Å². The zero-order valence-electron chi connectivity index (χ0n) is 19.2. The zero-order chi connectivity index (χ0) is 23.6. The molecule has 0 unspecified atom stereocenters. The van der Waals surface area contributed by atoms with Gasteiger partial charge in [-0.05, 0) is 55.3 Å². The van der Waals surface area contributed by atoms with Crippen molar-refractivity contribution in [1.29, 1.82) is 0 Å². The molecule has 0 saturated heterocycles. The molecule has 0 aliphatic carbocycles. The van der Waals surface area contributed by atoms with E-state index >= 15 is 0 Å². The highest BCUT2D eigenvalue weighted by atomic mass is 19.1. The van der Waals surface area contributed by atoms with E-state index in [4.69, 9.17) is 5.10 Å². The molecule has 5 aromatic rings. The molecule has 6 rings (SSSR count). The molecular weight excluding hydrogens is 433 g/mol. The van der Waals surface area contributed by atoms with Crippen LogP contribution in [0.5, 0.6) is 0 Å². The molecule has 0 amide bonds. The highest BCUT2D eigenvalue weighted by Gasteiger charge is 2.26. The molecule has 0 saturated carbocycles. The molecule has 8 nitrogen and oxygen atoms in total. The number of hydrogen-bond donors (Lipinski definition) is 2. The second-order valence-corrected chi connectivity index (χ2v) is 8.83. The van der Waals surface area contributed by atoms with Gasteiger partial charge in [0.25, 0.3) is 0 Å². The fraction of sp³-hybridized carbons (Fsp3) is 0.240. The highest BCUT2D eigenvalue weighted by Crippen LogP contribution is 2.33. The molecule has 2 aromatic carbocycles. The molecule has 1 aliphatic rings. The van der Waals surface area contributed by atoms with E-state index in [1.165, 1.54) is 0 Å². The van der Waals surface area contributed by atoms with E-state index < -0.39 is 0 Å². The number of benzene rings is 2. The van der Waals surface area contributed by atoms with Gasteiger partial charge in [-0.15, -0.1) is 0 Å². The lowest BCUT2D eigenvalue weighted by molar-refractivity contribution is 0.608. The molecule has 0 bridgehead atoms. The Balaban J connectivity index is 1.62. The molecular formula is C25H24FN7O. The molecule has 1 aliphatic heterocycles. The van der Waals surface area contributed by atoms with Gasteiger partial charge in [0.05, 0.1) is 40.2 Å². The fourth-order valence-electron chi connectivity index (χ4n) is 4.89. The van der Waals surface area contributed by atoms with Crippen molar-refractivity contribution in [1.82, 2.24) is 34.4 Å². The first-order valence-electron chi connectivity index (χ1n) is 11.2. The van der Waals surface area contributed by atoms with Gasteiger partial charge in [-0.3, -0.25) is 9.25 Å². The summed E-state index contributed by atoms with van der Waals surface area (Å²) in [6.45, 7) is 4.99. The monoisotopic (exact) mass is 457 g/mol. The van der Waals surface area contributed by atoms with E-state index in [1.807, 2.05) is 29.9 Å². The van der Waals surface area contributed by atoms with Crippen molar-refractivity contribution in [3.8, 4) is 22.8 Å². The Morgan fingerprint density at radius 1 is 1.09 bits per heavy atom. The topological polar surface area (TPSA) is 85.5 Å². The maximum atomic E-state index is 14.4. The Kier molecular flexibility index (Phi) is 4.56. The third kappa shape index (κ3) is 3.04. The summed E-state index contributed by atoms with van der Waals surface area (Å²) < 4.78 is 19.7. The smallest absolute Gasteiger partial charge is 0.312 e. The highest BCUT2D eigenvalue weighted by molar-refractivity contribution is 5.81. The third-order valence-corrected chi connectivity index (χ3v) is 6.58. The first-order valence-corrected chi connectivity index (χ1v) is 11.2. The summed E-state index contributed by atoms with van der Waals surface area (Å²) in [4.78, 5) is 15.9. The molecule has 3 aromatic heterocycles. The molecule has 4 heterocycles. The fourth-order valence-corrected chi connectivity index (χ4v) is 4.89. The van der Waals surface area contributed by atoms with E-state index in [2.05, 4.69) is 15.4 Å². The van der Waals surface area contributed by atoms with Crippen LogP contribution < -0.4 is 11.0 Å². The number of H-pyrrole nitrogens is 1. The van der Waals surface area contributed by atoms with Gasteiger partial charge in [0, 0.05) is 43.7 Å². The van der Waals surface area contributed by atoms with Crippen LogP contribution in [0.15, 0.2) is 47.5 Å². The van der Waals surface area contributed by atoms with Crippen molar-refractivity contribution in [3.63, 3.8) is 0 Å². The van der Waals surface area contributed by atoms with Gasteiger partial charge >= 0.3 is 5.69 Å². The van der Waals surface area contributed by atoms with Gasteiger partial charge in [0.1, 0.15) is 5.82 Å². The molecule has 0 radical (unpaired) electrons. The Bertz CT molecular complexity index is 1610. The summed E-state index contributed by atoms with van der Waals surface area (Å²) in [6.07, 6.45) is 4.29. The van der Waals surface area contributed by atoms with Crippen molar-refractivity contribution in [2.45, 2.75) is 26.8 Å². The van der Waals surface area contributed by atoms with Crippen LogP contribution in [0.3, 0.4) is 0 Å². The molecule has 34 heavy (non-hydrogen) atoms. The lowest BCUT2D eigenvalue weighted by atomic mass is 10.0. The molecule has 9 heteroatoms. The minimum Gasteiger partial charge on any atom is -0.312 e. The number of imidazole rings is 1. The van der Waals surface area contributed by atoms with Crippen LogP contribution in [0.1, 0.15) is 22.4 Å². The van der Waals surface area contributed by atoms with Crippen LogP contribution in [0.4, 0.5) is 4.39 Å². The van der Waals surface area contributed by atoms with Gasteiger partial charge in [0.15, 0.2) is 0 Å². The van der Waals surface area contributed by atoms with E-state index in [0.717, 1.165) is 52.2 Å². The number of nitrogens with one attached hydrogen (secondary N) is 2. The van der Waals surface area contributed by atoms with Gasteiger partial charge in [0.2, 0.25) is 0 Å². The van der Waals surface area contributed by atoms with Crippen LogP contribution in [-0.2, 0) is 20.0 Å². The summed E-state index contributed by atoms with van der Waals surface area (Å²) in [7, 11) is 1.89. The summed E-state index contributed by atoms with van der Waals surface area (Å²) in [5.74, 6) is -0.216. The van der Waals surface area contributed by atoms with Crippen LogP contribution in [0.25, 0.3) is 33.7 Å². The first-order chi connectivity index (χ1) is 16.4. The molecule has 0 spiro atoms. The third-order valence-electron chi connectivity index (χ3n) is 6.58. The minimum atomic E-state index is -0.241. The largest absolute Gasteiger partial charge is 0.330 e. The maximum Gasteiger partial charge on any atom is 0.330 e. The molecule has 0 fully saturated rings. The van der Waals surface area contributed by atoms with Crippen LogP contribution in [0.2, 0.25) is 0 Å². The SMILES string of the molecule is Cc1cc(-n2nc3c(c2-c2c[nH]c(=O)n2-c2ccc4c(cnn4C)c2)CNCC3)cc(C)c1F. The van der Waals surface area contributed by atoms with Gasteiger partial charge in [-0.2, -0.15) is 10.2 Å². The average molecular weight is 458 g/mol. The Morgan fingerprint density at radius 2 is 1.88 bits per heavy atom. The average Bonchev–Trinajstić information content (AvgIpc) is 3.51. The van der Waals surface area contributed by atoms with Crippen molar-refractivity contribution in [2.24, 2.45) is 7.05 Å². The predicted molar refractivity (Wildman–Crippen MR) is 128 cm³/mol. The van der Waals surface area contributed by atoms with Crippen molar-refractivity contribution >= 4 is 10.9 Å². The van der Waals surface area contributed by atoms with Gasteiger partial charge < -0.3 is 10.3 Å². The lowest BCUT2D eigenvalue weighted by Gasteiger charge is -2.15. The standard InChI is InChI=1S/C25H24FN7O/c1-14-8-18(9-15(2)23(14)26)33-24(19-12-27-7-6-20(19)30-33)22-13-28-25(34)32(22)17-4-5-21-16(10-17)11-29-31(21)3/h4-5,8-11,13,27H,6-7,12H2,1-3H3,(H,28,34). The number of aromatic amines is 1. The van der Waals surface area contributed by atoms with Crippen LogP contribution in [0, 0.1) is 19.7 Å². The number of aromatic nitrogens is 6. The summed E-state index contributed by atoms with van der Waals surface area (Å²) in [5.41, 5.74) is 6.90. The summed E-state index contributed by atoms with van der Waals surface area (Å²) >= 11 is 0. The van der Waals surface area contributed by atoms with Crippen molar-refractivity contribution in [3.05, 3.63) is 81.4 Å². The Morgan fingerprint density at radius 3 is 2.68 bits per heavy atom. The number of fused-ring (bicyclic) bond motifs is 2. The molecule has 0 atom stereocenters.